The molecule has 0 aliphatic carbocycles. The molecule has 0 aliphatic rings. The summed E-state index contributed by atoms with van der Waals surface area (Å²) in [6, 6.07) is -0.153. The van der Waals surface area contributed by atoms with Gasteiger partial charge in [-0.3, -0.25) is 0 Å². The molecule has 1 aromatic heterocycles. The van der Waals surface area contributed by atoms with Crippen molar-refractivity contribution in [1.29, 1.82) is 0 Å². The minimum absolute atomic E-state index is 0.153. The van der Waals surface area contributed by atoms with E-state index in [1.165, 1.54) is 0 Å². The third-order valence-electron chi connectivity index (χ3n) is 1.12. The predicted octanol–water partition coefficient (Wildman–Crippen LogP) is -0.632. The normalized spacial score (nSPS) is 13.6. The zero-order valence-corrected chi connectivity index (χ0v) is 5.04. The molecule has 5 N–H and O–H groups in total. The van der Waals surface area contributed by atoms with Crippen LogP contribution in [-0.4, -0.2) is 16.5 Å². The highest BCUT2D eigenvalue weighted by molar-refractivity contribution is 4.94. The van der Waals surface area contributed by atoms with Gasteiger partial charge in [0.05, 0.1) is 6.04 Å². The van der Waals surface area contributed by atoms with Gasteiger partial charge in [0.2, 0.25) is 0 Å². The molecule has 0 saturated carbocycles. The average molecular weight is 126 g/mol. The maximum Gasteiger partial charge on any atom is 0.124 e. The van der Waals surface area contributed by atoms with Gasteiger partial charge in [0.25, 0.3) is 0 Å². The Morgan fingerprint density at radius 1 is 1.78 bits per heavy atom. The van der Waals surface area contributed by atoms with Gasteiger partial charge in [0.15, 0.2) is 0 Å². The fourth-order valence-corrected chi connectivity index (χ4v) is 0.592. The Bertz CT molecular complexity index is 157. The number of imidazole rings is 1. The first kappa shape index (κ1) is 6.25. The van der Waals surface area contributed by atoms with Crippen LogP contribution in [0, 0.1) is 0 Å². The van der Waals surface area contributed by atoms with E-state index in [0.29, 0.717) is 6.54 Å². The van der Waals surface area contributed by atoms with Crippen LogP contribution < -0.4 is 11.5 Å². The number of nitrogens with one attached hydrogen (secondary N) is 1. The molecular formula is C5H10N4. The number of nitrogens with zero attached hydrogens (tertiary/aromatic N) is 1. The van der Waals surface area contributed by atoms with Gasteiger partial charge < -0.3 is 16.5 Å². The number of rotatable bonds is 2. The molecule has 0 fully saturated rings. The summed E-state index contributed by atoms with van der Waals surface area (Å²) in [5.74, 6) is 0.748. The monoisotopic (exact) mass is 126 g/mol. The van der Waals surface area contributed by atoms with Crippen LogP contribution >= 0.6 is 0 Å². The van der Waals surface area contributed by atoms with E-state index < -0.39 is 0 Å². The first-order valence-electron chi connectivity index (χ1n) is 2.79. The Kier molecular flexibility index (Phi) is 1.81. The van der Waals surface area contributed by atoms with Crippen LogP contribution in [0.4, 0.5) is 0 Å². The number of hydrogen-bond acceptors (Lipinski definition) is 3. The molecule has 4 heteroatoms. The van der Waals surface area contributed by atoms with E-state index in [2.05, 4.69) is 9.97 Å². The predicted molar refractivity (Wildman–Crippen MR) is 34.6 cm³/mol. The summed E-state index contributed by atoms with van der Waals surface area (Å²) in [5.41, 5.74) is 10.8. The molecule has 50 valence electrons. The van der Waals surface area contributed by atoms with Crippen molar-refractivity contribution in [2.45, 2.75) is 6.04 Å². The fourth-order valence-electron chi connectivity index (χ4n) is 0.592. The van der Waals surface area contributed by atoms with Crippen LogP contribution in [0.3, 0.4) is 0 Å². The molecule has 0 aliphatic heterocycles. The van der Waals surface area contributed by atoms with Crippen LogP contribution in [0.5, 0.6) is 0 Å². The lowest BCUT2D eigenvalue weighted by molar-refractivity contribution is 0.692. The molecule has 1 heterocycles. The van der Waals surface area contributed by atoms with Crippen LogP contribution in [0.2, 0.25) is 0 Å². The number of hydrogen-bond donors (Lipinski definition) is 3. The summed E-state index contributed by atoms with van der Waals surface area (Å²) in [6.45, 7) is 0.424. The molecule has 0 spiro atoms. The van der Waals surface area contributed by atoms with Crippen molar-refractivity contribution in [2.24, 2.45) is 11.5 Å². The highest BCUT2D eigenvalue weighted by atomic mass is 14.9. The fraction of sp³-hybridized carbons (Fsp3) is 0.400. The number of nitrogens with two attached hydrogens (primary N) is 2. The van der Waals surface area contributed by atoms with E-state index >= 15 is 0 Å². The molecule has 0 bridgehead atoms. The maximum absolute atomic E-state index is 5.52. The number of aromatic amines is 1. The van der Waals surface area contributed by atoms with Crippen LogP contribution in [0.1, 0.15) is 11.9 Å². The number of aromatic nitrogens is 2. The Balaban J connectivity index is 2.65. The highest BCUT2D eigenvalue weighted by Crippen LogP contribution is 1.98. The van der Waals surface area contributed by atoms with Crippen LogP contribution in [0.15, 0.2) is 12.4 Å². The molecule has 1 atom stereocenters. The standard InChI is InChI=1S/C5H10N4/c6-3-4(7)5-8-1-2-9-5/h1-2,4H,3,6-7H2,(H,8,9). The van der Waals surface area contributed by atoms with E-state index in [1.54, 1.807) is 12.4 Å². The van der Waals surface area contributed by atoms with Gasteiger partial charge in [-0.2, -0.15) is 0 Å². The molecule has 1 unspecified atom stereocenters. The second-order valence-electron chi connectivity index (χ2n) is 1.82. The van der Waals surface area contributed by atoms with E-state index in [-0.39, 0.29) is 6.04 Å². The zero-order valence-electron chi connectivity index (χ0n) is 5.04. The molecule has 1 aromatic rings. The SMILES string of the molecule is NCC(N)c1ncc[nH]1. The minimum atomic E-state index is -0.153. The van der Waals surface area contributed by atoms with Gasteiger partial charge in [0.1, 0.15) is 5.82 Å². The van der Waals surface area contributed by atoms with Crippen molar-refractivity contribution < 1.29 is 0 Å². The van der Waals surface area contributed by atoms with Gasteiger partial charge in [0, 0.05) is 18.9 Å². The van der Waals surface area contributed by atoms with Gasteiger partial charge in [-0.05, 0) is 0 Å². The summed E-state index contributed by atoms with van der Waals surface area (Å²) in [6.07, 6.45) is 3.38. The Morgan fingerprint density at radius 3 is 3.00 bits per heavy atom. The van der Waals surface area contributed by atoms with Crippen molar-refractivity contribution in [1.82, 2.24) is 9.97 Å². The van der Waals surface area contributed by atoms with Crippen molar-refractivity contribution in [2.75, 3.05) is 6.54 Å². The van der Waals surface area contributed by atoms with Gasteiger partial charge >= 0.3 is 0 Å². The summed E-state index contributed by atoms with van der Waals surface area (Å²) in [4.78, 5) is 6.80. The van der Waals surface area contributed by atoms with Gasteiger partial charge in [-0.15, -0.1) is 0 Å². The van der Waals surface area contributed by atoms with E-state index in [1.807, 2.05) is 0 Å². The lowest BCUT2D eigenvalue weighted by Gasteiger charge is -2.01. The lowest BCUT2D eigenvalue weighted by atomic mass is 10.3. The smallest absolute Gasteiger partial charge is 0.124 e. The Labute approximate surface area is 53.3 Å². The maximum atomic E-state index is 5.52. The Morgan fingerprint density at radius 2 is 2.56 bits per heavy atom. The molecule has 1 rings (SSSR count). The number of H-pyrrole nitrogens is 1. The summed E-state index contributed by atoms with van der Waals surface area (Å²) >= 11 is 0. The van der Waals surface area contributed by atoms with Crippen molar-refractivity contribution >= 4 is 0 Å². The van der Waals surface area contributed by atoms with Crippen molar-refractivity contribution in [3.05, 3.63) is 18.2 Å². The van der Waals surface area contributed by atoms with Crippen LogP contribution in [-0.2, 0) is 0 Å². The minimum Gasteiger partial charge on any atom is -0.347 e. The summed E-state index contributed by atoms with van der Waals surface area (Å²) < 4.78 is 0. The molecule has 0 aromatic carbocycles. The zero-order chi connectivity index (χ0) is 6.69. The van der Waals surface area contributed by atoms with E-state index in [0.717, 1.165) is 5.82 Å². The third kappa shape index (κ3) is 1.28. The molecule has 0 amide bonds. The average Bonchev–Trinajstić information content (AvgIpc) is 2.37. The van der Waals surface area contributed by atoms with Gasteiger partial charge in [-0.1, -0.05) is 0 Å². The molecule has 9 heavy (non-hydrogen) atoms. The second kappa shape index (κ2) is 2.61. The summed E-state index contributed by atoms with van der Waals surface area (Å²) in [7, 11) is 0. The first-order chi connectivity index (χ1) is 4.34. The Hall–Kier alpha value is -0.870. The highest BCUT2D eigenvalue weighted by Gasteiger charge is 2.02. The third-order valence-corrected chi connectivity index (χ3v) is 1.12. The van der Waals surface area contributed by atoms with E-state index in [9.17, 15) is 0 Å². The second-order valence-corrected chi connectivity index (χ2v) is 1.82. The lowest BCUT2D eigenvalue weighted by Crippen LogP contribution is -2.21. The molecule has 0 radical (unpaired) electrons. The largest absolute Gasteiger partial charge is 0.347 e. The van der Waals surface area contributed by atoms with E-state index in [4.69, 9.17) is 11.5 Å². The first-order valence-corrected chi connectivity index (χ1v) is 2.79. The van der Waals surface area contributed by atoms with Gasteiger partial charge in [-0.25, -0.2) is 4.98 Å². The quantitative estimate of drug-likeness (QED) is 0.493. The van der Waals surface area contributed by atoms with Crippen LogP contribution in [0.25, 0.3) is 0 Å². The molecule has 0 saturated heterocycles. The van der Waals surface area contributed by atoms with Crippen molar-refractivity contribution in [3.8, 4) is 0 Å². The van der Waals surface area contributed by atoms with Crippen molar-refractivity contribution in [3.63, 3.8) is 0 Å². The molecule has 4 nitrogen and oxygen atoms in total. The summed E-state index contributed by atoms with van der Waals surface area (Å²) in [5, 5.41) is 0. The molecular weight excluding hydrogens is 116 g/mol. The topological polar surface area (TPSA) is 80.7 Å².